The molecule has 0 fully saturated rings. The smallest absolute Gasteiger partial charge is 0.308 e. The van der Waals surface area contributed by atoms with Crippen molar-refractivity contribution in [3.63, 3.8) is 0 Å². The van der Waals surface area contributed by atoms with Crippen molar-refractivity contribution in [3.05, 3.63) is 88.7 Å². The Morgan fingerprint density at radius 2 is 1.40 bits per heavy atom. The molecule has 0 spiro atoms. The van der Waals surface area contributed by atoms with Gasteiger partial charge < -0.3 is 10.6 Å². The lowest BCUT2D eigenvalue weighted by Gasteiger charge is -2.20. The third-order valence-electron chi connectivity index (χ3n) is 5.87. The minimum Gasteiger partial charge on any atom is -0.308 e. The van der Waals surface area contributed by atoms with Crippen molar-refractivity contribution in [2.45, 2.75) is 46.5 Å². The first-order valence-electron chi connectivity index (χ1n) is 11.8. The second kappa shape index (κ2) is 10.4. The highest BCUT2D eigenvalue weighted by Crippen LogP contribution is 2.37. The second-order valence-electron chi connectivity index (χ2n) is 9.19. The first kappa shape index (κ1) is 24.6. The number of amides is 2. The van der Waals surface area contributed by atoms with Gasteiger partial charge in [0.25, 0.3) is 0 Å². The molecule has 0 aliphatic heterocycles. The molecule has 1 aromatic heterocycles. The van der Waals surface area contributed by atoms with Gasteiger partial charge in [-0.2, -0.15) is 0 Å². The summed E-state index contributed by atoms with van der Waals surface area (Å²) in [5.74, 6) is 0.315. The molecule has 0 radical (unpaired) electrons. The Hall–Kier alpha value is -3.51. The maximum Gasteiger partial charge on any atom is 0.323 e. The number of nitrogens with zero attached hydrogens (tertiary/aromatic N) is 1. The Labute approximate surface area is 210 Å². The van der Waals surface area contributed by atoms with Crippen molar-refractivity contribution < 1.29 is 9.18 Å². The fourth-order valence-electron chi connectivity index (χ4n) is 4.10. The molecule has 0 atom stereocenters. The Morgan fingerprint density at radius 1 is 0.829 bits per heavy atom. The highest BCUT2D eigenvalue weighted by molar-refractivity contribution is 7.15. The highest BCUT2D eigenvalue weighted by atomic mass is 32.1. The number of nitrogens with one attached hydrogen (secondary N) is 2. The summed E-state index contributed by atoms with van der Waals surface area (Å²) in [6.45, 7) is 10.5. The molecule has 6 heteroatoms. The minimum absolute atomic E-state index is 0.270. The van der Waals surface area contributed by atoms with E-state index < -0.39 is 0 Å². The standard InChI is InChI=1S/C29H30FN3OS/c1-17(2)24-7-6-8-25(18(3)4)27(24)33-29(34)32-23-15-11-21(12-16-23)28-26(31-19(5)35-28)20-9-13-22(30)14-10-20/h6-18H,1-5H3,(H2,32,33,34). The van der Waals surface area contributed by atoms with Crippen molar-refractivity contribution in [3.8, 4) is 21.7 Å². The molecule has 35 heavy (non-hydrogen) atoms. The molecule has 4 rings (SSSR count). The average molecular weight is 488 g/mol. The maximum absolute atomic E-state index is 13.4. The molecular weight excluding hydrogens is 457 g/mol. The third-order valence-corrected chi connectivity index (χ3v) is 6.89. The van der Waals surface area contributed by atoms with Crippen LogP contribution in [-0.2, 0) is 0 Å². The summed E-state index contributed by atoms with van der Waals surface area (Å²) in [5, 5.41) is 6.98. The normalized spacial score (nSPS) is 11.2. The van der Waals surface area contributed by atoms with E-state index in [1.54, 1.807) is 23.5 Å². The van der Waals surface area contributed by atoms with E-state index in [9.17, 15) is 9.18 Å². The molecule has 0 saturated heterocycles. The van der Waals surface area contributed by atoms with E-state index in [0.29, 0.717) is 17.5 Å². The fourth-order valence-corrected chi connectivity index (χ4v) is 5.05. The summed E-state index contributed by atoms with van der Waals surface area (Å²) >= 11 is 1.59. The van der Waals surface area contributed by atoms with Crippen molar-refractivity contribution in [2.24, 2.45) is 0 Å². The molecule has 2 amide bonds. The van der Waals surface area contributed by atoms with Crippen molar-refractivity contribution in [1.82, 2.24) is 4.98 Å². The fraction of sp³-hybridized carbons (Fsp3) is 0.241. The molecule has 180 valence electrons. The number of carbonyl (C=O) groups is 1. The van der Waals surface area contributed by atoms with E-state index in [1.807, 2.05) is 37.3 Å². The van der Waals surface area contributed by atoms with E-state index >= 15 is 0 Å². The summed E-state index contributed by atoms with van der Waals surface area (Å²) in [5.41, 5.74) is 6.52. The van der Waals surface area contributed by atoms with Crippen LogP contribution in [0.3, 0.4) is 0 Å². The molecule has 0 saturated carbocycles. The summed E-state index contributed by atoms with van der Waals surface area (Å²) in [4.78, 5) is 18.6. The number of para-hydroxylation sites is 1. The van der Waals surface area contributed by atoms with Crippen LogP contribution in [-0.4, -0.2) is 11.0 Å². The third kappa shape index (κ3) is 5.60. The number of benzene rings is 3. The number of hydrogen-bond donors (Lipinski definition) is 2. The van der Waals surface area contributed by atoms with Crippen LogP contribution >= 0.6 is 11.3 Å². The van der Waals surface area contributed by atoms with Crippen LogP contribution in [0.25, 0.3) is 21.7 Å². The van der Waals surface area contributed by atoms with Crippen LogP contribution in [0.5, 0.6) is 0 Å². The number of carbonyl (C=O) groups excluding carboxylic acids is 1. The summed E-state index contributed by atoms with van der Waals surface area (Å²) in [7, 11) is 0. The van der Waals surface area contributed by atoms with Crippen LogP contribution in [0, 0.1) is 12.7 Å². The van der Waals surface area contributed by atoms with E-state index in [4.69, 9.17) is 0 Å². The van der Waals surface area contributed by atoms with Gasteiger partial charge in [-0.15, -0.1) is 11.3 Å². The van der Waals surface area contributed by atoms with Gasteiger partial charge in [-0.3, -0.25) is 0 Å². The number of aromatic nitrogens is 1. The van der Waals surface area contributed by atoms with Crippen LogP contribution in [0.1, 0.15) is 55.7 Å². The number of rotatable bonds is 6. The quantitative estimate of drug-likeness (QED) is 0.285. The molecule has 0 aliphatic rings. The molecule has 4 nitrogen and oxygen atoms in total. The van der Waals surface area contributed by atoms with Crippen LogP contribution in [0.2, 0.25) is 0 Å². The van der Waals surface area contributed by atoms with Gasteiger partial charge >= 0.3 is 6.03 Å². The number of aryl methyl sites for hydroxylation is 1. The predicted octanol–water partition coefficient (Wildman–Crippen LogP) is 8.82. The molecule has 2 N–H and O–H groups in total. The lowest BCUT2D eigenvalue weighted by molar-refractivity contribution is 0.262. The number of urea groups is 1. The predicted molar refractivity (Wildman–Crippen MR) is 145 cm³/mol. The lowest BCUT2D eigenvalue weighted by atomic mass is 9.93. The zero-order valence-corrected chi connectivity index (χ0v) is 21.5. The van der Waals surface area contributed by atoms with Crippen LogP contribution < -0.4 is 10.6 Å². The average Bonchev–Trinajstić information content (AvgIpc) is 3.21. The Bertz CT molecular complexity index is 1300. The Balaban J connectivity index is 1.54. The molecule has 0 aliphatic carbocycles. The zero-order valence-electron chi connectivity index (χ0n) is 20.6. The van der Waals surface area contributed by atoms with Crippen molar-refractivity contribution >= 4 is 28.7 Å². The molecule has 0 unspecified atom stereocenters. The number of thiazole rings is 1. The second-order valence-corrected chi connectivity index (χ2v) is 10.4. The summed E-state index contributed by atoms with van der Waals surface area (Å²) < 4.78 is 13.4. The maximum atomic E-state index is 13.4. The minimum atomic E-state index is -0.271. The van der Waals surface area contributed by atoms with E-state index in [0.717, 1.165) is 43.5 Å². The lowest BCUT2D eigenvalue weighted by Crippen LogP contribution is -2.21. The van der Waals surface area contributed by atoms with Crippen molar-refractivity contribution in [1.29, 1.82) is 0 Å². The SMILES string of the molecule is Cc1nc(-c2ccc(F)cc2)c(-c2ccc(NC(=O)Nc3c(C(C)C)cccc3C(C)C)cc2)s1. The van der Waals surface area contributed by atoms with Gasteiger partial charge in [0.05, 0.1) is 15.6 Å². The number of hydrogen-bond acceptors (Lipinski definition) is 3. The van der Waals surface area contributed by atoms with Crippen molar-refractivity contribution in [2.75, 3.05) is 10.6 Å². The summed E-state index contributed by atoms with van der Waals surface area (Å²) in [6.07, 6.45) is 0. The van der Waals surface area contributed by atoms with Crippen LogP contribution in [0.4, 0.5) is 20.6 Å². The molecule has 1 heterocycles. The van der Waals surface area contributed by atoms with Gasteiger partial charge in [0.15, 0.2) is 0 Å². The Morgan fingerprint density at radius 3 is 1.97 bits per heavy atom. The van der Waals surface area contributed by atoms with Crippen LogP contribution in [0.15, 0.2) is 66.7 Å². The largest absolute Gasteiger partial charge is 0.323 e. The van der Waals surface area contributed by atoms with E-state index in [-0.39, 0.29) is 11.8 Å². The molecule has 4 aromatic rings. The highest BCUT2D eigenvalue weighted by Gasteiger charge is 2.17. The topological polar surface area (TPSA) is 54.0 Å². The summed E-state index contributed by atoms with van der Waals surface area (Å²) in [6, 6.07) is 20.0. The van der Waals surface area contributed by atoms with Gasteiger partial charge in [-0.1, -0.05) is 58.0 Å². The first-order valence-corrected chi connectivity index (χ1v) is 12.6. The molecule has 3 aromatic carbocycles. The van der Waals surface area contributed by atoms with E-state index in [2.05, 4.69) is 55.4 Å². The van der Waals surface area contributed by atoms with E-state index in [1.165, 1.54) is 12.1 Å². The van der Waals surface area contributed by atoms with Gasteiger partial charge in [-0.05, 0) is 71.8 Å². The molecule has 0 bridgehead atoms. The van der Waals surface area contributed by atoms with Gasteiger partial charge in [-0.25, -0.2) is 14.2 Å². The first-order chi connectivity index (χ1) is 16.7. The van der Waals surface area contributed by atoms with Gasteiger partial charge in [0.1, 0.15) is 5.82 Å². The zero-order chi connectivity index (χ0) is 25.1. The monoisotopic (exact) mass is 487 g/mol. The van der Waals surface area contributed by atoms with Gasteiger partial charge in [0.2, 0.25) is 0 Å². The van der Waals surface area contributed by atoms with Gasteiger partial charge in [0, 0.05) is 16.9 Å². The Kier molecular flexibility index (Phi) is 7.31. The number of anilines is 2. The number of halogens is 1. The molecular formula is C29H30FN3OS.